The molecule has 3 aromatic heterocycles. The number of fused-ring (bicyclic) bond motifs is 1. The van der Waals surface area contributed by atoms with Crippen LogP contribution in [0.2, 0.25) is 0 Å². The highest BCUT2D eigenvalue weighted by atomic mass is 16.6. The molecule has 0 radical (unpaired) electrons. The summed E-state index contributed by atoms with van der Waals surface area (Å²) in [5, 5.41) is 25.0. The van der Waals surface area contributed by atoms with E-state index in [0.717, 1.165) is 0 Å². The number of morpholine rings is 1. The SMILES string of the molecule is COCCO[C@H]1C(O)[C@@H](Cn2cc(CN3C[C@@H](C)O[C@@H](C4C=C(C)C(=O)NC4=O)C3)nn2)O[C@H]1n1cnc2c(=O)[nH]c(NC(=O)C(C)C)nc21. The molecule has 2 fully saturated rings. The van der Waals surface area contributed by atoms with Crippen LogP contribution in [-0.4, -0.2) is 126 Å². The maximum absolute atomic E-state index is 12.8. The molecule has 3 aliphatic heterocycles. The van der Waals surface area contributed by atoms with Crippen LogP contribution in [-0.2, 0) is 46.4 Å². The maximum atomic E-state index is 12.8. The van der Waals surface area contributed by atoms with Crippen molar-refractivity contribution in [2.45, 2.75) is 77.5 Å². The number of aliphatic hydroxyl groups excluding tert-OH is 1. The summed E-state index contributed by atoms with van der Waals surface area (Å²) in [6, 6.07) is 0. The second kappa shape index (κ2) is 14.8. The molecule has 0 bridgehead atoms. The van der Waals surface area contributed by atoms with Crippen LogP contribution in [0.1, 0.15) is 39.6 Å². The largest absolute Gasteiger partial charge is 0.387 e. The molecule has 2 unspecified atom stereocenters. The molecule has 4 N–H and O–H groups in total. The fourth-order valence-electron chi connectivity index (χ4n) is 6.28. The quantitative estimate of drug-likeness (QED) is 0.133. The van der Waals surface area contributed by atoms with Gasteiger partial charge in [0, 0.05) is 44.4 Å². The van der Waals surface area contributed by atoms with Crippen molar-refractivity contribution in [1.82, 2.24) is 44.7 Å². The van der Waals surface area contributed by atoms with Crippen LogP contribution in [0.3, 0.4) is 0 Å². The maximum Gasteiger partial charge on any atom is 0.280 e. The van der Waals surface area contributed by atoms with Gasteiger partial charge in [0.2, 0.25) is 17.8 Å². The number of H-pyrrole nitrogens is 1. The van der Waals surface area contributed by atoms with E-state index in [-0.39, 0.29) is 60.7 Å². The van der Waals surface area contributed by atoms with Gasteiger partial charge < -0.3 is 24.1 Å². The van der Waals surface area contributed by atoms with E-state index in [0.29, 0.717) is 30.9 Å². The van der Waals surface area contributed by atoms with Crippen LogP contribution in [0.4, 0.5) is 5.95 Å². The Balaban J connectivity index is 1.17. The monoisotopic (exact) mass is 698 g/mol. The third-order valence-corrected chi connectivity index (χ3v) is 8.81. The van der Waals surface area contributed by atoms with E-state index < -0.39 is 48.0 Å². The Kier molecular flexibility index (Phi) is 10.5. The van der Waals surface area contributed by atoms with Gasteiger partial charge in [-0.3, -0.25) is 44.3 Å². The van der Waals surface area contributed by atoms with E-state index in [1.807, 2.05) is 6.92 Å². The number of aliphatic hydroxyl groups is 1. The molecule has 50 heavy (non-hydrogen) atoms. The standard InChI is InChI=1S/C31H42N10O9/c1-15(2)26(43)35-31-33-25-22(29(46)36-31)32-14-41(25)30-24(48-7-6-47-5)23(42)21(50-30)13-40-11-18(37-38-40)10-39-9-17(4)49-20(12-39)19-8-16(3)27(44)34-28(19)45/h8,11,14-15,17,19-21,23-24,30,42H,6-7,9-10,12-13H2,1-5H3,(H,34,44,45)(H2,33,35,36,43,46)/t17-,19?,20-,21-,23?,24+,30-/m1/s1. The Labute approximate surface area is 286 Å². The van der Waals surface area contributed by atoms with Crippen molar-refractivity contribution in [1.29, 1.82) is 0 Å². The zero-order valence-corrected chi connectivity index (χ0v) is 28.4. The number of aromatic amines is 1. The first-order valence-electron chi connectivity index (χ1n) is 16.4. The number of carbonyl (C=O) groups is 3. The number of nitrogens with one attached hydrogen (secondary N) is 3. The number of rotatable bonds is 12. The summed E-state index contributed by atoms with van der Waals surface area (Å²) in [7, 11) is 1.53. The highest BCUT2D eigenvalue weighted by molar-refractivity contribution is 6.08. The van der Waals surface area contributed by atoms with Crippen LogP contribution >= 0.6 is 0 Å². The molecule has 19 heteroatoms. The first-order valence-corrected chi connectivity index (χ1v) is 16.4. The van der Waals surface area contributed by atoms with Gasteiger partial charge in [0.1, 0.15) is 18.3 Å². The fraction of sp³-hybridized carbons (Fsp3) is 0.613. The Hall–Kier alpha value is -4.40. The summed E-state index contributed by atoms with van der Waals surface area (Å²) in [6.45, 7) is 9.03. The summed E-state index contributed by atoms with van der Waals surface area (Å²) in [4.78, 5) is 62.9. The molecule has 3 amide bonds. The smallest absolute Gasteiger partial charge is 0.280 e. The molecule has 6 rings (SSSR count). The summed E-state index contributed by atoms with van der Waals surface area (Å²) in [5.74, 6) is -2.09. The van der Waals surface area contributed by atoms with Crippen molar-refractivity contribution in [3.05, 3.63) is 40.2 Å². The molecule has 0 aliphatic carbocycles. The van der Waals surface area contributed by atoms with Crippen molar-refractivity contribution in [2.75, 3.05) is 38.7 Å². The number of hydrogen-bond donors (Lipinski definition) is 4. The van der Waals surface area contributed by atoms with Gasteiger partial charge in [0.25, 0.3) is 11.5 Å². The van der Waals surface area contributed by atoms with E-state index in [2.05, 4.69) is 40.8 Å². The van der Waals surface area contributed by atoms with E-state index in [4.69, 9.17) is 18.9 Å². The van der Waals surface area contributed by atoms with Gasteiger partial charge in [0.15, 0.2) is 17.4 Å². The summed E-state index contributed by atoms with van der Waals surface area (Å²) in [5.41, 5.74) is 0.732. The number of imide groups is 1. The molecule has 0 spiro atoms. The third-order valence-electron chi connectivity index (χ3n) is 8.81. The predicted octanol–water partition coefficient (Wildman–Crippen LogP) is -0.896. The van der Waals surface area contributed by atoms with Crippen LogP contribution in [0, 0.1) is 11.8 Å². The van der Waals surface area contributed by atoms with Gasteiger partial charge >= 0.3 is 0 Å². The number of carbonyl (C=O) groups excluding carboxylic acids is 3. The highest BCUT2D eigenvalue weighted by Gasteiger charge is 2.46. The van der Waals surface area contributed by atoms with Crippen LogP contribution in [0.15, 0.2) is 29.0 Å². The van der Waals surface area contributed by atoms with E-state index in [1.165, 1.54) is 18.0 Å². The second-order valence-corrected chi connectivity index (χ2v) is 13.1. The number of aromatic nitrogens is 7. The zero-order chi connectivity index (χ0) is 35.7. The van der Waals surface area contributed by atoms with Crippen molar-refractivity contribution < 1.29 is 38.4 Å². The fourth-order valence-corrected chi connectivity index (χ4v) is 6.28. The average Bonchev–Trinajstić information content (AvgIpc) is 3.77. The van der Waals surface area contributed by atoms with Crippen molar-refractivity contribution in [3.8, 4) is 0 Å². The molecule has 0 saturated carbocycles. The normalized spacial score (nSPS) is 27.6. The lowest BCUT2D eigenvalue weighted by atomic mass is 9.93. The molecule has 0 aromatic carbocycles. The Morgan fingerprint density at radius 3 is 2.76 bits per heavy atom. The summed E-state index contributed by atoms with van der Waals surface area (Å²) in [6.07, 6.45) is 0.404. The lowest BCUT2D eigenvalue weighted by molar-refractivity contribution is -0.141. The minimum Gasteiger partial charge on any atom is -0.387 e. The summed E-state index contributed by atoms with van der Waals surface area (Å²) >= 11 is 0. The zero-order valence-electron chi connectivity index (χ0n) is 28.4. The predicted molar refractivity (Wildman–Crippen MR) is 173 cm³/mol. The minimum atomic E-state index is -1.13. The summed E-state index contributed by atoms with van der Waals surface area (Å²) < 4.78 is 26.6. The first-order chi connectivity index (χ1) is 23.9. The van der Waals surface area contributed by atoms with E-state index >= 15 is 0 Å². The molecule has 3 aromatic rings. The molecule has 6 heterocycles. The average molecular weight is 699 g/mol. The van der Waals surface area contributed by atoms with Gasteiger partial charge in [-0.15, -0.1) is 5.10 Å². The number of amides is 3. The number of anilines is 1. The third kappa shape index (κ3) is 7.52. The highest BCUT2D eigenvalue weighted by Crippen LogP contribution is 2.34. The molecular formula is C31H42N10O9. The van der Waals surface area contributed by atoms with Gasteiger partial charge in [-0.1, -0.05) is 25.1 Å². The topological polar surface area (TPSA) is 230 Å². The molecule has 3 aliphatic rings. The van der Waals surface area contributed by atoms with Crippen molar-refractivity contribution in [2.24, 2.45) is 11.8 Å². The van der Waals surface area contributed by atoms with Gasteiger partial charge in [-0.05, 0) is 13.8 Å². The number of nitrogens with zero attached hydrogens (tertiary/aromatic N) is 7. The second-order valence-electron chi connectivity index (χ2n) is 13.1. The number of methoxy groups -OCH3 is 1. The van der Waals surface area contributed by atoms with E-state index in [9.17, 15) is 24.3 Å². The lowest BCUT2D eigenvalue weighted by Crippen LogP contribution is -2.53. The first kappa shape index (κ1) is 35.4. The van der Waals surface area contributed by atoms with Crippen molar-refractivity contribution in [3.63, 3.8) is 0 Å². The van der Waals surface area contributed by atoms with Crippen LogP contribution < -0.4 is 16.2 Å². The Morgan fingerprint density at radius 2 is 2.00 bits per heavy atom. The van der Waals surface area contributed by atoms with Crippen LogP contribution in [0.25, 0.3) is 11.2 Å². The van der Waals surface area contributed by atoms with Gasteiger partial charge in [-0.2, -0.15) is 4.98 Å². The van der Waals surface area contributed by atoms with Gasteiger partial charge in [0.05, 0.1) is 49.9 Å². The van der Waals surface area contributed by atoms with Gasteiger partial charge in [-0.25, -0.2) is 9.67 Å². The molecule has 2 saturated heterocycles. The Morgan fingerprint density at radius 1 is 1.20 bits per heavy atom. The Bertz CT molecular complexity index is 1820. The number of hydrogen-bond acceptors (Lipinski definition) is 14. The molecule has 7 atom stereocenters. The molecule has 270 valence electrons. The van der Waals surface area contributed by atoms with Crippen LogP contribution in [0.5, 0.6) is 0 Å². The molecular weight excluding hydrogens is 656 g/mol. The minimum absolute atomic E-state index is 0.0223. The van der Waals surface area contributed by atoms with E-state index in [1.54, 1.807) is 37.7 Å². The lowest BCUT2D eigenvalue weighted by Gasteiger charge is -2.39. The van der Waals surface area contributed by atoms with Crippen molar-refractivity contribution >= 4 is 34.8 Å². The number of imidazole rings is 1. The molecule has 19 nitrogen and oxygen atoms in total. The number of ether oxygens (including phenoxy) is 4.